The van der Waals surface area contributed by atoms with Crippen LogP contribution in [0.15, 0.2) is 188 Å². The lowest BCUT2D eigenvalue weighted by atomic mass is 10.1. The zero-order valence-corrected chi connectivity index (χ0v) is 31.4. The molecule has 0 spiro atoms. The van der Waals surface area contributed by atoms with Crippen LogP contribution in [0.25, 0.3) is 109 Å². The third kappa shape index (κ3) is 4.19. The van der Waals surface area contributed by atoms with E-state index in [1.54, 1.807) is 0 Å². The molecule has 0 saturated carbocycles. The SMILES string of the molecule is c1cc(-n2c3ccccc3c3ccccc32)cc(-n2c3ccccc3c3c4ccccc4n(-c4cccc(-n5c6ccccc6c6sc7ccccc7c65)n4)c32)c1. The third-order valence-electron chi connectivity index (χ3n) is 11.8. The molecular formula is C51H31N5S. The Morgan fingerprint density at radius 3 is 1.46 bits per heavy atom. The van der Waals surface area contributed by atoms with Gasteiger partial charge in [-0.2, -0.15) is 0 Å². The Morgan fingerprint density at radius 2 is 0.807 bits per heavy atom. The van der Waals surface area contributed by atoms with Crippen molar-refractivity contribution in [2.45, 2.75) is 0 Å². The first-order valence-corrected chi connectivity index (χ1v) is 20.1. The van der Waals surface area contributed by atoms with E-state index in [1.807, 2.05) is 11.3 Å². The van der Waals surface area contributed by atoms with Crippen LogP contribution in [0.4, 0.5) is 0 Å². The van der Waals surface area contributed by atoms with Crippen LogP contribution < -0.4 is 0 Å². The highest BCUT2D eigenvalue weighted by Crippen LogP contribution is 2.44. The zero-order valence-electron chi connectivity index (χ0n) is 30.5. The predicted octanol–water partition coefficient (Wildman–Crippen LogP) is 13.5. The van der Waals surface area contributed by atoms with Gasteiger partial charge in [0, 0.05) is 53.8 Å². The summed E-state index contributed by atoms with van der Waals surface area (Å²) in [7, 11) is 0. The quantitative estimate of drug-likeness (QED) is 0.177. The number of para-hydroxylation sites is 5. The average Bonchev–Trinajstić information content (AvgIpc) is 4.06. The highest BCUT2D eigenvalue weighted by Gasteiger charge is 2.24. The van der Waals surface area contributed by atoms with E-state index in [0.717, 1.165) is 45.2 Å². The summed E-state index contributed by atoms with van der Waals surface area (Å²) < 4.78 is 12.1. The minimum absolute atomic E-state index is 0.867. The van der Waals surface area contributed by atoms with Crippen LogP contribution in [-0.2, 0) is 0 Å². The van der Waals surface area contributed by atoms with Crippen LogP contribution in [-0.4, -0.2) is 23.3 Å². The van der Waals surface area contributed by atoms with E-state index in [-0.39, 0.29) is 0 Å². The number of fused-ring (bicyclic) bond motifs is 13. The lowest BCUT2D eigenvalue weighted by Crippen LogP contribution is -2.06. The van der Waals surface area contributed by atoms with Gasteiger partial charge in [0.15, 0.2) is 0 Å². The summed E-state index contributed by atoms with van der Waals surface area (Å²) in [6.07, 6.45) is 0. The minimum atomic E-state index is 0.867. The third-order valence-corrected chi connectivity index (χ3v) is 13.0. The van der Waals surface area contributed by atoms with Crippen molar-refractivity contribution in [2.24, 2.45) is 0 Å². The van der Waals surface area contributed by atoms with Crippen molar-refractivity contribution < 1.29 is 0 Å². The number of nitrogens with zero attached hydrogens (tertiary/aromatic N) is 5. The Balaban J connectivity index is 1.11. The van der Waals surface area contributed by atoms with E-state index >= 15 is 0 Å². The number of hydrogen-bond donors (Lipinski definition) is 0. The standard InChI is InChI=1S/C51H31N5S/c1-7-23-40-34(17-1)35-18-2-8-24-41(35)53(40)32-15-13-16-33(31-32)54-42-25-9-3-19-36(42)48-37-20-4-10-26-43(37)56(51(48)54)47-30-14-29-46(52-47)55-44-27-11-5-21-38(44)50-49(55)39-22-6-12-28-45(39)57-50/h1-31H. The van der Waals surface area contributed by atoms with Gasteiger partial charge in [0.25, 0.3) is 0 Å². The number of pyridine rings is 1. The van der Waals surface area contributed by atoms with Crippen LogP contribution in [0, 0.1) is 0 Å². The molecule has 0 aliphatic heterocycles. The van der Waals surface area contributed by atoms with Crippen molar-refractivity contribution in [1.82, 2.24) is 23.3 Å². The van der Waals surface area contributed by atoms with E-state index in [2.05, 4.69) is 206 Å². The summed E-state index contributed by atoms with van der Waals surface area (Å²) in [5.74, 6) is 1.76. The molecule has 6 heterocycles. The molecule has 7 aromatic carbocycles. The minimum Gasteiger partial charge on any atom is -0.309 e. The summed E-state index contributed by atoms with van der Waals surface area (Å²) in [5.41, 5.74) is 10.3. The van der Waals surface area contributed by atoms with Crippen molar-refractivity contribution in [3.05, 3.63) is 188 Å². The van der Waals surface area contributed by atoms with Crippen molar-refractivity contribution in [1.29, 1.82) is 0 Å². The van der Waals surface area contributed by atoms with Crippen molar-refractivity contribution in [2.75, 3.05) is 0 Å². The molecular weight excluding hydrogens is 715 g/mol. The van der Waals surface area contributed by atoms with Crippen LogP contribution in [0.1, 0.15) is 0 Å². The fourth-order valence-corrected chi connectivity index (χ4v) is 10.7. The zero-order chi connectivity index (χ0) is 37.2. The topological polar surface area (TPSA) is 32.6 Å². The fourth-order valence-electron chi connectivity index (χ4n) is 9.48. The molecule has 6 heteroatoms. The smallest absolute Gasteiger partial charge is 0.141 e. The molecule has 0 atom stereocenters. The molecule has 57 heavy (non-hydrogen) atoms. The van der Waals surface area contributed by atoms with E-state index in [9.17, 15) is 0 Å². The van der Waals surface area contributed by atoms with Gasteiger partial charge in [-0.05, 0) is 66.7 Å². The second kappa shape index (κ2) is 11.6. The second-order valence-electron chi connectivity index (χ2n) is 14.8. The average molecular weight is 746 g/mol. The summed E-state index contributed by atoms with van der Waals surface area (Å²) >= 11 is 1.86. The maximum Gasteiger partial charge on any atom is 0.141 e. The molecule has 0 amide bonds. The van der Waals surface area contributed by atoms with Crippen molar-refractivity contribution >= 4 is 97.2 Å². The lowest BCUT2D eigenvalue weighted by molar-refractivity contribution is 0.987. The Kier molecular flexibility index (Phi) is 6.26. The molecule has 0 aliphatic rings. The van der Waals surface area contributed by atoms with Gasteiger partial charge in [-0.3, -0.25) is 13.7 Å². The predicted molar refractivity (Wildman–Crippen MR) is 239 cm³/mol. The largest absolute Gasteiger partial charge is 0.309 e. The first kappa shape index (κ1) is 30.9. The molecule has 266 valence electrons. The van der Waals surface area contributed by atoms with Gasteiger partial charge in [-0.1, -0.05) is 121 Å². The van der Waals surface area contributed by atoms with E-state index in [4.69, 9.17) is 4.98 Å². The monoisotopic (exact) mass is 745 g/mol. The van der Waals surface area contributed by atoms with E-state index < -0.39 is 0 Å². The summed E-state index contributed by atoms with van der Waals surface area (Å²) in [5, 5.41) is 8.63. The normalized spacial score (nSPS) is 12.2. The molecule has 13 rings (SSSR count). The molecule has 0 N–H and O–H groups in total. The van der Waals surface area contributed by atoms with Gasteiger partial charge in [0.05, 0.1) is 37.8 Å². The van der Waals surface area contributed by atoms with Gasteiger partial charge < -0.3 is 4.57 Å². The Morgan fingerprint density at radius 1 is 0.351 bits per heavy atom. The molecule has 0 aliphatic carbocycles. The second-order valence-corrected chi connectivity index (χ2v) is 15.8. The van der Waals surface area contributed by atoms with Crippen molar-refractivity contribution in [3.8, 4) is 23.0 Å². The summed E-state index contributed by atoms with van der Waals surface area (Å²) in [6, 6.07) is 67.9. The maximum absolute atomic E-state index is 5.59. The highest BCUT2D eigenvalue weighted by molar-refractivity contribution is 7.26. The number of aromatic nitrogens is 5. The van der Waals surface area contributed by atoms with Gasteiger partial charge in [-0.15, -0.1) is 11.3 Å². The van der Waals surface area contributed by atoms with Crippen LogP contribution in [0.5, 0.6) is 0 Å². The van der Waals surface area contributed by atoms with Crippen LogP contribution >= 0.6 is 11.3 Å². The number of benzene rings is 7. The Bertz CT molecular complexity index is 3720. The maximum atomic E-state index is 5.59. The van der Waals surface area contributed by atoms with Gasteiger partial charge >= 0.3 is 0 Å². The van der Waals surface area contributed by atoms with Crippen LogP contribution in [0.3, 0.4) is 0 Å². The van der Waals surface area contributed by atoms with Crippen molar-refractivity contribution in [3.63, 3.8) is 0 Å². The Labute approximate surface area is 330 Å². The first-order valence-electron chi connectivity index (χ1n) is 19.3. The summed E-state index contributed by atoms with van der Waals surface area (Å²) in [4.78, 5) is 5.59. The number of rotatable bonds is 4. The molecule has 0 saturated heterocycles. The van der Waals surface area contributed by atoms with Gasteiger partial charge in [0.2, 0.25) is 0 Å². The summed E-state index contributed by atoms with van der Waals surface area (Å²) in [6.45, 7) is 0. The molecule has 13 aromatic rings. The molecule has 0 fully saturated rings. The first-order chi connectivity index (χ1) is 28.3. The number of thiophene rings is 1. The van der Waals surface area contributed by atoms with Crippen LogP contribution in [0.2, 0.25) is 0 Å². The van der Waals surface area contributed by atoms with Gasteiger partial charge in [-0.25, -0.2) is 4.98 Å². The molecule has 6 aromatic heterocycles. The van der Waals surface area contributed by atoms with E-state index in [0.29, 0.717) is 0 Å². The fraction of sp³-hybridized carbons (Fsp3) is 0. The lowest BCUT2D eigenvalue weighted by Gasteiger charge is -2.15. The molecule has 0 radical (unpaired) electrons. The highest BCUT2D eigenvalue weighted by atomic mass is 32.1. The molecule has 5 nitrogen and oxygen atoms in total. The Hall–Kier alpha value is -7.41. The molecule has 0 unspecified atom stereocenters. The molecule has 0 bridgehead atoms. The van der Waals surface area contributed by atoms with Gasteiger partial charge in [0.1, 0.15) is 17.3 Å². The van der Waals surface area contributed by atoms with E-state index in [1.165, 1.54) is 63.7 Å². The number of hydrogen-bond acceptors (Lipinski definition) is 2.